The Kier molecular flexibility index (Phi) is 6.05. The van der Waals surface area contributed by atoms with Crippen molar-refractivity contribution < 1.29 is 24.9 Å². The van der Waals surface area contributed by atoms with Gasteiger partial charge in [-0.1, -0.05) is 18.2 Å². The maximum atomic E-state index is 10.3. The van der Waals surface area contributed by atoms with Crippen LogP contribution in [0.1, 0.15) is 24.5 Å². The number of rotatable bonds is 7. The van der Waals surface area contributed by atoms with E-state index in [0.717, 1.165) is 6.08 Å². The first-order valence-corrected chi connectivity index (χ1v) is 5.94. The van der Waals surface area contributed by atoms with Gasteiger partial charge in [0.1, 0.15) is 11.9 Å². The Morgan fingerprint density at radius 1 is 1.37 bits per heavy atom. The van der Waals surface area contributed by atoms with E-state index in [1.165, 1.54) is 25.3 Å². The molecule has 2 atom stereocenters. The minimum atomic E-state index is -0.993. The van der Waals surface area contributed by atoms with Gasteiger partial charge in [-0.15, -0.1) is 0 Å². The molecule has 0 aromatic heterocycles. The molecule has 0 bridgehead atoms. The molecule has 0 fully saturated rings. The zero-order valence-corrected chi connectivity index (χ0v) is 10.7. The Morgan fingerprint density at radius 2 is 2.00 bits per heavy atom. The molecule has 0 saturated carbocycles. The van der Waals surface area contributed by atoms with E-state index in [1.807, 2.05) is 0 Å². The molecule has 5 nitrogen and oxygen atoms in total. The van der Waals surface area contributed by atoms with E-state index < -0.39 is 18.2 Å². The molecule has 5 heteroatoms. The topological polar surface area (TPSA) is 87.0 Å². The van der Waals surface area contributed by atoms with Crippen LogP contribution in [0.25, 0.3) is 0 Å². The van der Waals surface area contributed by atoms with Crippen molar-refractivity contribution in [3.8, 4) is 5.75 Å². The third-order valence-corrected chi connectivity index (χ3v) is 2.77. The van der Waals surface area contributed by atoms with Gasteiger partial charge in [-0.2, -0.15) is 0 Å². The number of carbonyl (C=O) groups is 1. The number of aliphatic hydroxyl groups excluding tert-OH is 1. The van der Waals surface area contributed by atoms with E-state index in [-0.39, 0.29) is 5.75 Å². The molecule has 0 amide bonds. The summed E-state index contributed by atoms with van der Waals surface area (Å²) in [4.78, 5) is 10.3. The first-order valence-electron chi connectivity index (χ1n) is 5.94. The van der Waals surface area contributed by atoms with Crippen molar-refractivity contribution in [3.05, 3.63) is 42.0 Å². The fraction of sp³-hybridized carbons (Fsp3) is 0.357. The van der Waals surface area contributed by atoms with Crippen molar-refractivity contribution in [1.82, 2.24) is 0 Å². The van der Waals surface area contributed by atoms with Gasteiger partial charge in [0.15, 0.2) is 0 Å². The van der Waals surface area contributed by atoms with Crippen molar-refractivity contribution in [2.24, 2.45) is 0 Å². The average molecular weight is 266 g/mol. The number of aliphatic carboxylic acids is 1. The number of phenols is 1. The molecular formula is C14H18O5. The van der Waals surface area contributed by atoms with Crippen molar-refractivity contribution in [1.29, 1.82) is 0 Å². The highest BCUT2D eigenvalue weighted by Crippen LogP contribution is 2.23. The molecule has 0 radical (unpaired) electrons. The van der Waals surface area contributed by atoms with Crippen molar-refractivity contribution in [3.63, 3.8) is 0 Å². The van der Waals surface area contributed by atoms with Crippen molar-refractivity contribution >= 4 is 5.97 Å². The largest absolute Gasteiger partial charge is 0.508 e. The quantitative estimate of drug-likeness (QED) is 0.656. The van der Waals surface area contributed by atoms with Crippen LogP contribution >= 0.6 is 0 Å². The first-order chi connectivity index (χ1) is 9.04. The van der Waals surface area contributed by atoms with Gasteiger partial charge in [0.05, 0.1) is 6.10 Å². The molecule has 1 rings (SSSR count). The van der Waals surface area contributed by atoms with Crippen molar-refractivity contribution in [2.45, 2.75) is 25.0 Å². The number of carboxylic acids is 1. The lowest BCUT2D eigenvalue weighted by molar-refractivity contribution is -0.131. The van der Waals surface area contributed by atoms with Gasteiger partial charge in [0, 0.05) is 13.2 Å². The molecule has 1 aromatic rings. The standard InChI is InChI=1S/C14H18O5/c1-19-12(4-2-3-5-13(16)17)14(18)10-6-8-11(15)9-7-10/h3,5-9,12,14-15,18H,2,4H2,1H3,(H,16,17)/b5-3+/t12-,14-/m0/s1. The zero-order valence-electron chi connectivity index (χ0n) is 10.7. The molecule has 0 aliphatic heterocycles. The Morgan fingerprint density at radius 3 is 2.53 bits per heavy atom. The molecule has 0 aliphatic rings. The predicted molar refractivity (Wildman–Crippen MR) is 69.9 cm³/mol. The van der Waals surface area contributed by atoms with E-state index in [4.69, 9.17) is 9.84 Å². The van der Waals surface area contributed by atoms with Crippen LogP contribution in [0.2, 0.25) is 0 Å². The third-order valence-electron chi connectivity index (χ3n) is 2.77. The number of carboxylic acid groups (broad SMARTS) is 1. The van der Waals surface area contributed by atoms with Crippen LogP contribution in [-0.2, 0) is 9.53 Å². The van der Waals surface area contributed by atoms with Gasteiger partial charge in [0.2, 0.25) is 0 Å². The number of aromatic hydroxyl groups is 1. The van der Waals surface area contributed by atoms with Gasteiger partial charge < -0.3 is 20.1 Å². The van der Waals surface area contributed by atoms with Crippen molar-refractivity contribution in [2.75, 3.05) is 7.11 Å². The second kappa shape index (κ2) is 7.56. The number of hydrogen-bond acceptors (Lipinski definition) is 4. The van der Waals surface area contributed by atoms with E-state index in [9.17, 15) is 15.0 Å². The summed E-state index contributed by atoms with van der Waals surface area (Å²) in [5.74, 6) is -0.859. The lowest BCUT2D eigenvalue weighted by atomic mass is 10.0. The Balaban J connectivity index is 2.58. The highest BCUT2D eigenvalue weighted by molar-refractivity contribution is 5.79. The molecule has 0 unspecified atom stereocenters. The summed E-state index contributed by atoms with van der Waals surface area (Å²) in [6, 6.07) is 6.24. The van der Waals surface area contributed by atoms with Gasteiger partial charge in [-0.05, 0) is 30.5 Å². The second-order valence-electron chi connectivity index (χ2n) is 4.13. The summed E-state index contributed by atoms with van der Waals surface area (Å²) in [6.45, 7) is 0. The highest BCUT2D eigenvalue weighted by atomic mass is 16.5. The van der Waals surface area contributed by atoms with E-state index in [0.29, 0.717) is 18.4 Å². The van der Waals surface area contributed by atoms with Crippen LogP contribution < -0.4 is 0 Å². The van der Waals surface area contributed by atoms with E-state index in [1.54, 1.807) is 12.1 Å². The Bertz CT molecular complexity index is 424. The SMILES string of the molecule is CO[C@@H](CC/C=C/C(=O)O)[C@@H](O)c1ccc(O)cc1. The maximum absolute atomic E-state index is 10.3. The number of aliphatic hydroxyl groups is 1. The predicted octanol–water partition coefficient (Wildman–Crippen LogP) is 1.86. The summed E-state index contributed by atoms with van der Waals surface area (Å²) in [5, 5.41) is 27.8. The third kappa shape index (κ3) is 5.11. The molecule has 104 valence electrons. The van der Waals surface area contributed by atoms with E-state index >= 15 is 0 Å². The number of ether oxygens (including phenoxy) is 1. The summed E-state index contributed by atoms with van der Waals surface area (Å²) >= 11 is 0. The highest BCUT2D eigenvalue weighted by Gasteiger charge is 2.19. The molecule has 0 aliphatic carbocycles. The van der Waals surface area contributed by atoms with E-state index in [2.05, 4.69) is 0 Å². The van der Waals surface area contributed by atoms with Crippen LogP contribution in [0.4, 0.5) is 0 Å². The Hall–Kier alpha value is -1.85. The minimum Gasteiger partial charge on any atom is -0.508 e. The molecular weight excluding hydrogens is 248 g/mol. The van der Waals surface area contributed by atoms with Gasteiger partial charge in [0.25, 0.3) is 0 Å². The molecule has 19 heavy (non-hydrogen) atoms. The minimum absolute atomic E-state index is 0.134. The number of allylic oxidation sites excluding steroid dienone is 1. The zero-order chi connectivity index (χ0) is 14.3. The van der Waals surface area contributed by atoms with Gasteiger partial charge in [-0.3, -0.25) is 0 Å². The summed E-state index contributed by atoms with van der Waals surface area (Å²) < 4.78 is 5.21. The second-order valence-corrected chi connectivity index (χ2v) is 4.13. The van der Waals surface area contributed by atoms with Crippen LogP contribution in [-0.4, -0.2) is 34.5 Å². The fourth-order valence-electron chi connectivity index (χ4n) is 1.74. The maximum Gasteiger partial charge on any atom is 0.327 e. The monoisotopic (exact) mass is 266 g/mol. The van der Waals surface area contributed by atoms with Gasteiger partial charge in [-0.25, -0.2) is 4.79 Å². The van der Waals surface area contributed by atoms with Crippen LogP contribution in [0.3, 0.4) is 0 Å². The smallest absolute Gasteiger partial charge is 0.327 e. The lowest BCUT2D eigenvalue weighted by Gasteiger charge is -2.21. The summed E-state index contributed by atoms with van der Waals surface area (Å²) in [7, 11) is 1.50. The van der Waals surface area contributed by atoms with Crippen LogP contribution in [0.5, 0.6) is 5.75 Å². The number of phenolic OH excluding ortho intramolecular Hbond substituents is 1. The number of hydrogen-bond donors (Lipinski definition) is 3. The molecule has 3 N–H and O–H groups in total. The number of benzene rings is 1. The normalized spacial score (nSPS) is 14.4. The lowest BCUT2D eigenvalue weighted by Crippen LogP contribution is -2.20. The number of methoxy groups -OCH3 is 1. The molecule has 0 spiro atoms. The summed E-state index contributed by atoms with van der Waals surface area (Å²) in [6.07, 6.45) is 2.35. The van der Waals surface area contributed by atoms with Crippen LogP contribution in [0.15, 0.2) is 36.4 Å². The van der Waals surface area contributed by atoms with Crippen LogP contribution in [0, 0.1) is 0 Å². The average Bonchev–Trinajstić information content (AvgIpc) is 2.39. The van der Waals surface area contributed by atoms with Gasteiger partial charge >= 0.3 is 5.97 Å². The summed E-state index contributed by atoms with van der Waals surface area (Å²) in [5.41, 5.74) is 0.645. The molecule has 0 saturated heterocycles. The Labute approximate surface area is 111 Å². The molecule has 0 heterocycles. The molecule has 1 aromatic carbocycles. The fourth-order valence-corrected chi connectivity index (χ4v) is 1.74. The first kappa shape index (κ1) is 15.2.